The second-order valence-electron chi connectivity index (χ2n) is 4.15. The fourth-order valence-electron chi connectivity index (χ4n) is 1.90. The van der Waals surface area contributed by atoms with Crippen LogP contribution in [0.5, 0.6) is 0 Å². The number of nitrogens with one attached hydrogen (secondary N) is 1. The van der Waals surface area contributed by atoms with Gasteiger partial charge in [0, 0.05) is 13.0 Å². The average molecular weight is 287 g/mol. The lowest BCUT2D eigenvalue weighted by atomic mass is 10.1. The summed E-state index contributed by atoms with van der Waals surface area (Å²) < 4.78 is 9.17. The maximum Gasteiger partial charge on any atom is 0.228 e. The van der Waals surface area contributed by atoms with Gasteiger partial charge < -0.3 is 15.6 Å². The maximum atomic E-state index is 5.96. The van der Waals surface area contributed by atoms with Crippen molar-refractivity contribution < 1.29 is 4.52 Å². The van der Waals surface area contributed by atoms with Crippen molar-refractivity contribution in [3.8, 4) is 11.1 Å². The molecule has 0 radical (unpaired) electrons. The van der Waals surface area contributed by atoms with Crippen LogP contribution in [-0.4, -0.2) is 21.1 Å². The third kappa shape index (κ3) is 2.62. The van der Waals surface area contributed by atoms with Crippen molar-refractivity contribution in [1.82, 2.24) is 14.5 Å². The molecule has 0 aliphatic heterocycles. The Kier molecular flexibility index (Phi) is 3.60. The van der Waals surface area contributed by atoms with Crippen molar-refractivity contribution in [2.24, 2.45) is 0 Å². The summed E-state index contributed by atoms with van der Waals surface area (Å²) >= 11 is 1.36. The highest BCUT2D eigenvalue weighted by molar-refractivity contribution is 7.11. The van der Waals surface area contributed by atoms with Crippen LogP contribution in [0.3, 0.4) is 0 Å². The van der Waals surface area contributed by atoms with Gasteiger partial charge in [-0.25, -0.2) is 0 Å². The quantitative estimate of drug-likeness (QED) is 0.749. The number of rotatable bonds is 5. The molecule has 0 saturated carbocycles. The standard InChI is InChI=1S/C13H13N5OS/c14-12-11(9-4-2-1-3-5-9)13(20-18-12)15-7-6-10-16-8-17-19-10/h1-5,8,15H,6-7H2,(H2,14,18). The molecule has 3 rings (SSSR count). The monoisotopic (exact) mass is 287 g/mol. The summed E-state index contributed by atoms with van der Waals surface area (Å²) in [6.45, 7) is 0.684. The molecule has 0 atom stereocenters. The van der Waals surface area contributed by atoms with Crippen molar-refractivity contribution >= 4 is 22.4 Å². The molecule has 20 heavy (non-hydrogen) atoms. The minimum Gasteiger partial charge on any atom is -0.382 e. The molecule has 6 nitrogen and oxygen atoms in total. The van der Waals surface area contributed by atoms with Crippen LogP contribution in [0, 0.1) is 0 Å². The Bertz CT molecular complexity index is 665. The molecule has 0 saturated heterocycles. The Labute approximate surface area is 119 Å². The van der Waals surface area contributed by atoms with E-state index in [1.165, 1.54) is 17.9 Å². The van der Waals surface area contributed by atoms with Crippen LogP contribution in [0.4, 0.5) is 10.8 Å². The number of hydrogen-bond acceptors (Lipinski definition) is 7. The molecule has 3 aromatic rings. The molecule has 0 spiro atoms. The molecular weight excluding hydrogens is 274 g/mol. The molecule has 2 heterocycles. The predicted molar refractivity (Wildman–Crippen MR) is 78.5 cm³/mol. The van der Waals surface area contributed by atoms with E-state index in [0.29, 0.717) is 24.7 Å². The summed E-state index contributed by atoms with van der Waals surface area (Å²) in [7, 11) is 0. The molecule has 0 unspecified atom stereocenters. The van der Waals surface area contributed by atoms with E-state index in [-0.39, 0.29) is 0 Å². The van der Waals surface area contributed by atoms with E-state index in [1.54, 1.807) is 0 Å². The first-order valence-corrected chi connectivity index (χ1v) is 6.92. The van der Waals surface area contributed by atoms with Gasteiger partial charge in [0.2, 0.25) is 5.89 Å². The molecule has 7 heteroatoms. The van der Waals surface area contributed by atoms with Gasteiger partial charge in [-0.1, -0.05) is 35.5 Å². The Morgan fingerprint density at radius 3 is 2.85 bits per heavy atom. The smallest absolute Gasteiger partial charge is 0.228 e. The van der Waals surface area contributed by atoms with Gasteiger partial charge in [-0.3, -0.25) is 0 Å². The van der Waals surface area contributed by atoms with Crippen molar-refractivity contribution in [2.45, 2.75) is 6.42 Å². The highest BCUT2D eigenvalue weighted by atomic mass is 32.1. The highest BCUT2D eigenvalue weighted by Gasteiger charge is 2.13. The zero-order valence-electron chi connectivity index (χ0n) is 10.6. The minimum absolute atomic E-state index is 0.543. The normalized spacial score (nSPS) is 10.6. The summed E-state index contributed by atoms with van der Waals surface area (Å²) in [6, 6.07) is 9.97. The Morgan fingerprint density at radius 1 is 1.25 bits per heavy atom. The van der Waals surface area contributed by atoms with Gasteiger partial charge in [0.25, 0.3) is 0 Å². The van der Waals surface area contributed by atoms with Gasteiger partial charge in [0.1, 0.15) is 10.8 Å². The highest BCUT2D eigenvalue weighted by Crippen LogP contribution is 2.36. The summed E-state index contributed by atoms with van der Waals surface area (Å²) in [4.78, 5) is 3.98. The van der Waals surface area contributed by atoms with Crippen molar-refractivity contribution in [1.29, 1.82) is 0 Å². The Balaban J connectivity index is 1.74. The molecular formula is C13H13N5OS. The van der Waals surface area contributed by atoms with Crippen LogP contribution in [0.2, 0.25) is 0 Å². The summed E-state index contributed by atoms with van der Waals surface area (Å²) in [5, 5.41) is 7.84. The van der Waals surface area contributed by atoms with Crippen LogP contribution >= 0.6 is 11.5 Å². The van der Waals surface area contributed by atoms with Crippen LogP contribution < -0.4 is 11.1 Å². The number of nitrogen functional groups attached to an aromatic ring is 1. The first-order chi connectivity index (χ1) is 9.84. The number of nitrogens with two attached hydrogens (primary N) is 1. The summed E-state index contributed by atoms with van der Waals surface area (Å²) in [6.07, 6.45) is 2.06. The fourth-order valence-corrected chi connectivity index (χ4v) is 2.66. The number of hydrogen-bond donors (Lipinski definition) is 2. The molecule has 1 aromatic carbocycles. The van der Waals surface area contributed by atoms with Gasteiger partial charge in [-0.05, 0) is 17.1 Å². The second-order valence-corrected chi connectivity index (χ2v) is 4.92. The number of benzene rings is 1. The van der Waals surface area contributed by atoms with Gasteiger partial charge in [-0.15, -0.1) is 0 Å². The first-order valence-electron chi connectivity index (χ1n) is 6.14. The van der Waals surface area contributed by atoms with Gasteiger partial charge in [-0.2, -0.15) is 9.36 Å². The lowest BCUT2D eigenvalue weighted by Crippen LogP contribution is -2.04. The molecule has 0 fully saturated rings. The maximum absolute atomic E-state index is 5.96. The van der Waals surface area contributed by atoms with Crippen LogP contribution in [0.25, 0.3) is 11.1 Å². The Morgan fingerprint density at radius 2 is 2.10 bits per heavy atom. The van der Waals surface area contributed by atoms with Crippen LogP contribution in [-0.2, 0) is 6.42 Å². The largest absolute Gasteiger partial charge is 0.382 e. The SMILES string of the molecule is Nc1nsc(NCCc2ncno2)c1-c1ccccc1. The minimum atomic E-state index is 0.543. The van der Waals surface area contributed by atoms with Crippen LogP contribution in [0.1, 0.15) is 5.89 Å². The third-order valence-corrected chi connectivity index (χ3v) is 3.63. The number of nitrogens with zero attached hydrogens (tertiary/aromatic N) is 3. The molecule has 0 bridgehead atoms. The molecule has 2 aromatic heterocycles. The van der Waals surface area contributed by atoms with E-state index < -0.39 is 0 Å². The molecule has 0 aliphatic rings. The third-order valence-electron chi connectivity index (χ3n) is 2.81. The Hall–Kier alpha value is -2.41. The van der Waals surface area contributed by atoms with Gasteiger partial charge in [0.05, 0.1) is 5.56 Å². The summed E-state index contributed by atoms with van der Waals surface area (Å²) in [5.74, 6) is 1.15. The van der Waals surface area contributed by atoms with Crippen LogP contribution in [0.15, 0.2) is 41.2 Å². The van der Waals surface area contributed by atoms with E-state index in [1.807, 2.05) is 30.3 Å². The van der Waals surface area contributed by atoms with E-state index in [9.17, 15) is 0 Å². The molecule has 3 N–H and O–H groups in total. The number of anilines is 2. The molecule has 0 amide bonds. The van der Waals surface area contributed by atoms with Gasteiger partial charge >= 0.3 is 0 Å². The number of aromatic nitrogens is 3. The second kappa shape index (κ2) is 5.70. The van der Waals surface area contributed by atoms with E-state index in [2.05, 4.69) is 19.8 Å². The van der Waals surface area contributed by atoms with E-state index >= 15 is 0 Å². The van der Waals surface area contributed by atoms with E-state index in [4.69, 9.17) is 10.3 Å². The van der Waals surface area contributed by atoms with Crippen molar-refractivity contribution in [3.63, 3.8) is 0 Å². The predicted octanol–water partition coefficient (Wildman–Crippen LogP) is 2.43. The first kappa shape index (κ1) is 12.6. The zero-order valence-corrected chi connectivity index (χ0v) is 11.4. The lowest BCUT2D eigenvalue weighted by Gasteiger charge is -2.06. The zero-order chi connectivity index (χ0) is 13.8. The van der Waals surface area contributed by atoms with Crippen molar-refractivity contribution in [3.05, 3.63) is 42.5 Å². The topological polar surface area (TPSA) is 89.9 Å². The average Bonchev–Trinajstić information content (AvgIpc) is 3.10. The summed E-state index contributed by atoms with van der Waals surface area (Å²) in [5.41, 5.74) is 7.96. The fraction of sp³-hybridized carbons (Fsp3) is 0.154. The van der Waals surface area contributed by atoms with Crippen molar-refractivity contribution in [2.75, 3.05) is 17.6 Å². The lowest BCUT2D eigenvalue weighted by molar-refractivity contribution is 0.380. The van der Waals surface area contributed by atoms with E-state index in [0.717, 1.165) is 16.1 Å². The molecule has 0 aliphatic carbocycles. The van der Waals surface area contributed by atoms with Gasteiger partial charge in [0.15, 0.2) is 6.33 Å². The molecule has 102 valence electrons.